The van der Waals surface area contributed by atoms with Crippen LogP contribution < -0.4 is 9.80 Å². The molecule has 3 aromatic heterocycles. The van der Waals surface area contributed by atoms with E-state index in [-0.39, 0.29) is 11.6 Å². The first-order valence-corrected chi connectivity index (χ1v) is 12.7. The average molecular weight is 484 g/mol. The van der Waals surface area contributed by atoms with E-state index in [4.69, 9.17) is 24.4 Å². The van der Waals surface area contributed by atoms with Crippen LogP contribution in [0.4, 0.5) is 11.8 Å². The molecule has 7 rings (SSSR count). The van der Waals surface area contributed by atoms with Crippen LogP contribution in [-0.4, -0.2) is 76.2 Å². The third kappa shape index (κ3) is 3.88. The number of nitrogens with zero attached hydrogens (tertiary/aromatic N) is 6. The maximum Gasteiger partial charge on any atom is 0.229 e. The zero-order valence-electron chi connectivity index (χ0n) is 20.4. The monoisotopic (exact) mass is 483 g/mol. The zero-order valence-corrected chi connectivity index (χ0v) is 20.4. The summed E-state index contributed by atoms with van der Waals surface area (Å²) in [6.07, 6.45) is 4.05. The van der Waals surface area contributed by atoms with Crippen molar-refractivity contribution < 1.29 is 9.47 Å². The topological polar surface area (TPSA) is 92.3 Å². The van der Waals surface area contributed by atoms with Crippen LogP contribution in [0.1, 0.15) is 19.8 Å². The van der Waals surface area contributed by atoms with Gasteiger partial charge in [-0.2, -0.15) is 15.1 Å². The Bertz CT molecular complexity index is 1400. The molecule has 0 amide bonds. The van der Waals surface area contributed by atoms with E-state index in [1.54, 1.807) is 0 Å². The normalized spacial score (nSPS) is 21.3. The number of aromatic amines is 1. The van der Waals surface area contributed by atoms with Gasteiger partial charge in [0, 0.05) is 37.0 Å². The van der Waals surface area contributed by atoms with Gasteiger partial charge in [-0.15, -0.1) is 0 Å². The fraction of sp³-hybridized carbons (Fsp3) is 0.407. The van der Waals surface area contributed by atoms with Gasteiger partial charge in [0.05, 0.1) is 48.2 Å². The molecule has 9 nitrogen and oxygen atoms in total. The SMILES string of the molecule is C[C@H]1COCCN1c1nc(N2CCOC3(CC3)C2)nc2nc(-c3cccc(-c4cc[nH]n4)c3)ccc12. The van der Waals surface area contributed by atoms with E-state index in [0.717, 1.165) is 72.1 Å². The number of fused-ring (bicyclic) bond motifs is 1. The molecule has 0 radical (unpaired) electrons. The van der Waals surface area contributed by atoms with Crippen molar-refractivity contribution >= 4 is 22.8 Å². The summed E-state index contributed by atoms with van der Waals surface area (Å²) in [5.41, 5.74) is 4.57. The van der Waals surface area contributed by atoms with Crippen molar-refractivity contribution in [2.24, 2.45) is 0 Å². The Labute approximate surface area is 209 Å². The molecule has 2 saturated heterocycles. The van der Waals surface area contributed by atoms with E-state index in [0.29, 0.717) is 25.5 Å². The Morgan fingerprint density at radius 3 is 2.67 bits per heavy atom. The fourth-order valence-electron chi connectivity index (χ4n) is 5.26. The van der Waals surface area contributed by atoms with Crippen molar-refractivity contribution in [1.82, 2.24) is 25.1 Å². The van der Waals surface area contributed by atoms with Crippen molar-refractivity contribution in [3.05, 3.63) is 48.7 Å². The van der Waals surface area contributed by atoms with E-state index in [1.165, 1.54) is 0 Å². The van der Waals surface area contributed by atoms with Crippen LogP contribution in [-0.2, 0) is 9.47 Å². The zero-order chi connectivity index (χ0) is 24.1. The lowest BCUT2D eigenvalue weighted by atomic mass is 10.1. The van der Waals surface area contributed by atoms with Crippen molar-refractivity contribution in [3.8, 4) is 22.5 Å². The van der Waals surface area contributed by atoms with Gasteiger partial charge >= 0.3 is 0 Å². The molecule has 36 heavy (non-hydrogen) atoms. The Morgan fingerprint density at radius 1 is 0.972 bits per heavy atom. The number of rotatable bonds is 4. The van der Waals surface area contributed by atoms with Gasteiger partial charge in [0.25, 0.3) is 0 Å². The number of pyridine rings is 1. The molecule has 184 valence electrons. The Hall–Kier alpha value is -3.56. The van der Waals surface area contributed by atoms with Crippen LogP contribution in [0, 0.1) is 0 Å². The third-order valence-electron chi connectivity index (χ3n) is 7.46. The van der Waals surface area contributed by atoms with E-state index in [2.05, 4.69) is 57.3 Å². The standard InChI is InChI=1S/C27H29N7O2/c1-18-16-35-13-12-34(18)25-21-5-6-22(19-3-2-4-20(15-19)23-7-10-28-32-23)29-24(21)30-26(31-25)33-11-14-36-27(17-33)8-9-27/h2-7,10,15,18H,8-9,11-14,16-17H2,1H3,(H,28,32)/t18-/m0/s1. The van der Waals surface area contributed by atoms with Gasteiger partial charge in [0.2, 0.25) is 5.95 Å². The molecule has 2 aliphatic heterocycles. The number of H-pyrrole nitrogens is 1. The molecular formula is C27H29N7O2. The highest BCUT2D eigenvalue weighted by Gasteiger charge is 2.48. The van der Waals surface area contributed by atoms with Gasteiger partial charge in [-0.05, 0) is 44.0 Å². The minimum atomic E-state index is -0.00896. The first kappa shape index (κ1) is 21.7. The van der Waals surface area contributed by atoms with Gasteiger partial charge in [0.1, 0.15) is 5.82 Å². The molecule has 1 N–H and O–H groups in total. The first-order valence-electron chi connectivity index (χ1n) is 12.7. The number of morpholine rings is 2. The second-order valence-electron chi connectivity index (χ2n) is 10.0. The van der Waals surface area contributed by atoms with Gasteiger partial charge in [-0.1, -0.05) is 18.2 Å². The number of benzene rings is 1. The van der Waals surface area contributed by atoms with Crippen LogP contribution in [0.5, 0.6) is 0 Å². The summed E-state index contributed by atoms with van der Waals surface area (Å²) in [5, 5.41) is 8.18. The Balaban J connectivity index is 1.33. The van der Waals surface area contributed by atoms with Crippen LogP contribution in [0.25, 0.3) is 33.5 Å². The minimum Gasteiger partial charge on any atom is -0.377 e. The van der Waals surface area contributed by atoms with E-state index in [9.17, 15) is 0 Å². The number of aromatic nitrogens is 5. The van der Waals surface area contributed by atoms with Crippen molar-refractivity contribution in [3.63, 3.8) is 0 Å². The minimum absolute atomic E-state index is 0.00896. The second-order valence-corrected chi connectivity index (χ2v) is 10.0. The molecular weight excluding hydrogens is 454 g/mol. The van der Waals surface area contributed by atoms with Gasteiger partial charge in [0.15, 0.2) is 5.65 Å². The maximum absolute atomic E-state index is 6.05. The maximum atomic E-state index is 6.05. The highest BCUT2D eigenvalue weighted by Crippen LogP contribution is 2.43. The molecule has 9 heteroatoms. The summed E-state index contributed by atoms with van der Waals surface area (Å²) in [7, 11) is 0. The molecule has 1 atom stereocenters. The fourth-order valence-corrected chi connectivity index (χ4v) is 5.26. The number of ether oxygens (including phenoxy) is 2. The summed E-state index contributed by atoms with van der Waals surface area (Å²) in [6.45, 7) is 6.69. The molecule has 3 aliphatic rings. The van der Waals surface area contributed by atoms with E-state index in [1.807, 2.05) is 18.3 Å². The Kier molecular flexibility index (Phi) is 5.14. The predicted molar refractivity (Wildman–Crippen MR) is 138 cm³/mol. The van der Waals surface area contributed by atoms with Crippen molar-refractivity contribution in [1.29, 1.82) is 0 Å². The number of nitrogens with one attached hydrogen (secondary N) is 1. The average Bonchev–Trinajstić information content (AvgIpc) is 3.42. The van der Waals surface area contributed by atoms with Crippen LogP contribution in [0.2, 0.25) is 0 Å². The summed E-state index contributed by atoms with van der Waals surface area (Å²) in [6, 6.07) is 14.7. The summed E-state index contributed by atoms with van der Waals surface area (Å²) in [4.78, 5) is 19.8. The summed E-state index contributed by atoms with van der Waals surface area (Å²) < 4.78 is 11.8. The lowest BCUT2D eigenvalue weighted by Gasteiger charge is -2.36. The first-order chi connectivity index (χ1) is 17.7. The molecule has 0 bridgehead atoms. The molecule has 4 aromatic rings. The quantitative estimate of drug-likeness (QED) is 0.470. The lowest BCUT2D eigenvalue weighted by Crippen LogP contribution is -2.46. The lowest BCUT2D eigenvalue weighted by molar-refractivity contribution is 0.0201. The summed E-state index contributed by atoms with van der Waals surface area (Å²) >= 11 is 0. The Morgan fingerprint density at radius 2 is 1.86 bits per heavy atom. The van der Waals surface area contributed by atoms with E-state index < -0.39 is 0 Å². The van der Waals surface area contributed by atoms with E-state index >= 15 is 0 Å². The van der Waals surface area contributed by atoms with Gasteiger partial charge in [-0.25, -0.2) is 4.98 Å². The number of anilines is 2. The smallest absolute Gasteiger partial charge is 0.229 e. The molecule has 1 aliphatic carbocycles. The highest BCUT2D eigenvalue weighted by atomic mass is 16.5. The molecule has 5 heterocycles. The largest absolute Gasteiger partial charge is 0.377 e. The molecule has 3 fully saturated rings. The van der Waals surface area contributed by atoms with Crippen LogP contribution in [0.15, 0.2) is 48.7 Å². The summed E-state index contributed by atoms with van der Waals surface area (Å²) in [5.74, 6) is 1.67. The highest BCUT2D eigenvalue weighted by molar-refractivity contribution is 5.90. The van der Waals surface area contributed by atoms with Crippen molar-refractivity contribution in [2.45, 2.75) is 31.4 Å². The van der Waals surface area contributed by atoms with Gasteiger partial charge in [-0.3, -0.25) is 5.10 Å². The van der Waals surface area contributed by atoms with Crippen molar-refractivity contribution in [2.75, 3.05) is 49.3 Å². The number of hydrogen-bond acceptors (Lipinski definition) is 8. The number of hydrogen-bond donors (Lipinski definition) is 1. The second kappa shape index (κ2) is 8.53. The predicted octanol–water partition coefficient (Wildman–Crippen LogP) is 3.68. The van der Waals surface area contributed by atoms with Gasteiger partial charge < -0.3 is 19.3 Å². The molecule has 0 unspecified atom stereocenters. The molecule has 1 saturated carbocycles. The molecule has 1 aromatic carbocycles. The third-order valence-corrected chi connectivity index (χ3v) is 7.46. The van der Waals surface area contributed by atoms with Crippen LogP contribution >= 0.6 is 0 Å². The van der Waals surface area contributed by atoms with Crippen LogP contribution in [0.3, 0.4) is 0 Å². The molecule has 1 spiro atoms.